The molecule has 25 heavy (non-hydrogen) atoms. The topological polar surface area (TPSA) is 81.2 Å². The number of benzene rings is 1. The number of hydrogen-bond acceptors (Lipinski definition) is 6. The monoisotopic (exact) mass is 355 g/mol. The van der Waals surface area contributed by atoms with Gasteiger partial charge in [0.2, 0.25) is 5.91 Å². The number of carbonyl (C=O) groups excluding carboxylic acids is 1. The van der Waals surface area contributed by atoms with E-state index in [-0.39, 0.29) is 17.7 Å². The van der Waals surface area contributed by atoms with Crippen LogP contribution in [-0.2, 0) is 11.2 Å². The van der Waals surface area contributed by atoms with Gasteiger partial charge < -0.3 is 14.2 Å². The zero-order chi connectivity index (χ0) is 17.1. The highest BCUT2D eigenvalue weighted by atomic mass is 32.2. The molecule has 0 aliphatic heterocycles. The van der Waals surface area contributed by atoms with E-state index in [0.717, 1.165) is 19.3 Å². The van der Waals surface area contributed by atoms with Crippen LogP contribution in [0.1, 0.15) is 30.0 Å². The second-order valence-electron chi connectivity index (χ2n) is 5.85. The summed E-state index contributed by atoms with van der Waals surface area (Å²) in [6, 6.07) is 11.9. The molecule has 1 aliphatic rings. The van der Waals surface area contributed by atoms with Gasteiger partial charge in [-0.2, -0.15) is 0 Å². The van der Waals surface area contributed by atoms with Gasteiger partial charge in [-0.05, 0) is 42.5 Å². The SMILES string of the molecule is O=C(CSc1nnc(-c2ccco2)o1)NC1CCCc2ccccc21. The summed E-state index contributed by atoms with van der Waals surface area (Å²) in [5.41, 5.74) is 2.55. The molecule has 1 atom stereocenters. The van der Waals surface area contributed by atoms with E-state index in [2.05, 4.69) is 27.6 Å². The van der Waals surface area contributed by atoms with E-state index in [1.165, 1.54) is 22.9 Å². The van der Waals surface area contributed by atoms with Gasteiger partial charge in [-0.1, -0.05) is 36.0 Å². The standard InChI is InChI=1S/C18H17N3O3S/c22-16(19-14-8-3-6-12-5-1-2-7-13(12)14)11-25-18-21-20-17(24-18)15-9-4-10-23-15/h1-2,4-5,7,9-10,14H,3,6,8,11H2,(H,19,22). The highest BCUT2D eigenvalue weighted by molar-refractivity contribution is 7.99. The van der Waals surface area contributed by atoms with Crippen LogP contribution in [-0.4, -0.2) is 21.9 Å². The van der Waals surface area contributed by atoms with E-state index in [4.69, 9.17) is 8.83 Å². The molecular formula is C18H17N3O3S. The fourth-order valence-corrected chi connectivity index (χ4v) is 3.61. The lowest BCUT2D eigenvalue weighted by atomic mass is 9.88. The van der Waals surface area contributed by atoms with Crippen molar-refractivity contribution in [3.05, 3.63) is 53.8 Å². The Bertz CT molecular complexity index is 860. The number of aromatic nitrogens is 2. The van der Waals surface area contributed by atoms with Crippen molar-refractivity contribution in [2.45, 2.75) is 30.5 Å². The summed E-state index contributed by atoms with van der Waals surface area (Å²) < 4.78 is 10.7. The minimum Gasteiger partial charge on any atom is -0.459 e. The van der Waals surface area contributed by atoms with Crippen LogP contribution in [0.5, 0.6) is 0 Å². The maximum atomic E-state index is 12.3. The highest BCUT2D eigenvalue weighted by Crippen LogP contribution is 2.29. The van der Waals surface area contributed by atoms with Crippen molar-refractivity contribution in [2.75, 3.05) is 5.75 Å². The van der Waals surface area contributed by atoms with Gasteiger partial charge >= 0.3 is 0 Å². The summed E-state index contributed by atoms with van der Waals surface area (Å²) in [5.74, 6) is 1.03. The molecule has 1 aromatic carbocycles. The predicted octanol–water partition coefficient (Wildman–Crippen LogP) is 3.62. The van der Waals surface area contributed by atoms with E-state index < -0.39 is 0 Å². The van der Waals surface area contributed by atoms with Crippen LogP contribution >= 0.6 is 11.8 Å². The molecule has 3 aromatic rings. The minimum absolute atomic E-state index is 0.0375. The zero-order valence-corrected chi connectivity index (χ0v) is 14.3. The third-order valence-corrected chi connectivity index (χ3v) is 4.99. The molecule has 0 fully saturated rings. The molecule has 2 aromatic heterocycles. The van der Waals surface area contributed by atoms with Crippen LogP contribution in [0.25, 0.3) is 11.7 Å². The van der Waals surface area contributed by atoms with Gasteiger partial charge in [0.05, 0.1) is 18.1 Å². The average molecular weight is 355 g/mol. The molecule has 1 unspecified atom stereocenters. The van der Waals surface area contributed by atoms with Crippen LogP contribution < -0.4 is 5.32 Å². The van der Waals surface area contributed by atoms with Crippen LogP contribution in [0.2, 0.25) is 0 Å². The number of rotatable bonds is 5. The molecular weight excluding hydrogens is 338 g/mol. The Morgan fingerprint density at radius 2 is 2.16 bits per heavy atom. The second-order valence-corrected chi connectivity index (χ2v) is 6.78. The summed E-state index contributed by atoms with van der Waals surface area (Å²) in [4.78, 5) is 12.3. The van der Waals surface area contributed by atoms with Crippen LogP contribution in [0.4, 0.5) is 0 Å². The fraction of sp³-hybridized carbons (Fsp3) is 0.278. The Balaban J connectivity index is 1.34. The zero-order valence-electron chi connectivity index (χ0n) is 13.5. The molecule has 0 radical (unpaired) electrons. The molecule has 0 saturated carbocycles. The van der Waals surface area contributed by atoms with Gasteiger partial charge in [0, 0.05) is 0 Å². The lowest BCUT2D eigenvalue weighted by Crippen LogP contribution is -2.32. The fourth-order valence-electron chi connectivity index (χ4n) is 3.04. The van der Waals surface area contributed by atoms with Gasteiger partial charge in [-0.15, -0.1) is 10.2 Å². The molecule has 4 rings (SSSR count). The van der Waals surface area contributed by atoms with Crippen molar-refractivity contribution in [2.24, 2.45) is 0 Å². The molecule has 1 amide bonds. The third-order valence-electron chi connectivity index (χ3n) is 4.17. The van der Waals surface area contributed by atoms with Gasteiger partial charge in [0.15, 0.2) is 5.76 Å². The number of fused-ring (bicyclic) bond motifs is 1. The Hall–Kier alpha value is -2.54. The minimum atomic E-state index is -0.0375. The third kappa shape index (κ3) is 3.61. The van der Waals surface area contributed by atoms with E-state index in [1.54, 1.807) is 18.4 Å². The molecule has 1 aliphatic carbocycles. The van der Waals surface area contributed by atoms with Crippen LogP contribution in [0, 0.1) is 0 Å². The first kappa shape index (κ1) is 16.0. The number of thioether (sulfide) groups is 1. The number of nitrogens with zero attached hydrogens (tertiary/aromatic N) is 2. The summed E-state index contributed by atoms with van der Waals surface area (Å²) >= 11 is 1.22. The molecule has 7 heteroatoms. The second kappa shape index (κ2) is 7.14. The summed E-state index contributed by atoms with van der Waals surface area (Å²) in [7, 11) is 0. The lowest BCUT2D eigenvalue weighted by molar-refractivity contribution is -0.119. The van der Waals surface area contributed by atoms with Crippen LogP contribution in [0.15, 0.2) is 56.7 Å². The highest BCUT2D eigenvalue weighted by Gasteiger charge is 2.21. The smallest absolute Gasteiger partial charge is 0.284 e. The normalized spacial score (nSPS) is 16.4. The number of furan rings is 1. The summed E-state index contributed by atoms with van der Waals surface area (Å²) in [5, 5.41) is 11.3. The molecule has 0 bridgehead atoms. The Morgan fingerprint density at radius 1 is 1.24 bits per heavy atom. The van der Waals surface area contributed by atoms with Crippen molar-refractivity contribution >= 4 is 17.7 Å². The number of hydrogen-bond donors (Lipinski definition) is 1. The van der Waals surface area contributed by atoms with Crippen molar-refractivity contribution in [3.8, 4) is 11.7 Å². The number of aryl methyl sites for hydroxylation is 1. The number of amides is 1. The molecule has 2 heterocycles. The van der Waals surface area contributed by atoms with Gasteiger partial charge in [-0.25, -0.2) is 0 Å². The van der Waals surface area contributed by atoms with E-state index in [1.807, 2.05) is 12.1 Å². The van der Waals surface area contributed by atoms with E-state index in [0.29, 0.717) is 16.9 Å². The number of nitrogens with one attached hydrogen (secondary N) is 1. The van der Waals surface area contributed by atoms with Crippen LogP contribution in [0.3, 0.4) is 0 Å². The van der Waals surface area contributed by atoms with E-state index in [9.17, 15) is 4.79 Å². The summed E-state index contributed by atoms with van der Waals surface area (Å²) in [6.45, 7) is 0. The van der Waals surface area contributed by atoms with Crippen molar-refractivity contribution in [1.82, 2.24) is 15.5 Å². The molecule has 0 saturated heterocycles. The Morgan fingerprint density at radius 3 is 3.04 bits per heavy atom. The van der Waals surface area contributed by atoms with Gasteiger partial charge in [0.1, 0.15) is 0 Å². The van der Waals surface area contributed by atoms with Crippen molar-refractivity contribution in [3.63, 3.8) is 0 Å². The first-order valence-electron chi connectivity index (χ1n) is 8.17. The maximum absolute atomic E-state index is 12.3. The Kier molecular flexibility index (Phi) is 4.56. The number of carbonyl (C=O) groups is 1. The van der Waals surface area contributed by atoms with E-state index >= 15 is 0 Å². The Labute approximate surface area is 149 Å². The molecule has 6 nitrogen and oxygen atoms in total. The van der Waals surface area contributed by atoms with Crippen molar-refractivity contribution in [1.29, 1.82) is 0 Å². The van der Waals surface area contributed by atoms with Gasteiger partial charge in [0.25, 0.3) is 11.1 Å². The quantitative estimate of drug-likeness (QED) is 0.704. The average Bonchev–Trinajstić information content (AvgIpc) is 3.32. The first-order valence-corrected chi connectivity index (χ1v) is 9.15. The molecule has 1 N–H and O–H groups in total. The summed E-state index contributed by atoms with van der Waals surface area (Å²) in [6.07, 6.45) is 4.68. The predicted molar refractivity (Wildman–Crippen MR) is 93.0 cm³/mol. The van der Waals surface area contributed by atoms with Crippen molar-refractivity contribution < 1.29 is 13.6 Å². The lowest BCUT2D eigenvalue weighted by Gasteiger charge is -2.26. The molecule has 0 spiro atoms. The molecule has 128 valence electrons. The largest absolute Gasteiger partial charge is 0.459 e. The maximum Gasteiger partial charge on any atom is 0.284 e. The first-order chi connectivity index (χ1) is 12.3. The van der Waals surface area contributed by atoms with Gasteiger partial charge in [-0.3, -0.25) is 4.79 Å².